The van der Waals surface area contributed by atoms with E-state index < -0.39 is 0 Å². The molecule has 1 aliphatic heterocycles. The SMILES string of the molecule is COc1ccc(CN2C(Cl)=CCN2Cc2ncccc2F)c(OC)c1. The molecule has 132 valence electrons. The van der Waals surface area contributed by atoms with Crippen molar-refractivity contribution in [1.82, 2.24) is 15.0 Å². The molecule has 0 aliphatic carbocycles. The fraction of sp³-hybridized carbons (Fsp3) is 0.278. The van der Waals surface area contributed by atoms with Crippen molar-refractivity contribution < 1.29 is 13.9 Å². The highest BCUT2D eigenvalue weighted by Gasteiger charge is 2.25. The summed E-state index contributed by atoms with van der Waals surface area (Å²) in [6.07, 6.45) is 3.47. The van der Waals surface area contributed by atoms with Gasteiger partial charge in [0.1, 0.15) is 22.5 Å². The van der Waals surface area contributed by atoms with Crippen molar-refractivity contribution in [1.29, 1.82) is 0 Å². The second-order valence-corrected chi connectivity index (χ2v) is 5.93. The number of halogens is 2. The fourth-order valence-electron chi connectivity index (χ4n) is 2.70. The largest absolute Gasteiger partial charge is 0.497 e. The lowest BCUT2D eigenvalue weighted by molar-refractivity contribution is 0.0279. The van der Waals surface area contributed by atoms with E-state index in [-0.39, 0.29) is 5.82 Å². The first-order chi connectivity index (χ1) is 12.1. The van der Waals surface area contributed by atoms with Gasteiger partial charge in [-0.15, -0.1) is 0 Å². The number of hydrogen-bond acceptors (Lipinski definition) is 5. The first-order valence-electron chi connectivity index (χ1n) is 7.80. The lowest BCUT2D eigenvalue weighted by atomic mass is 10.2. The minimum Gasteiger partial charge on any atom is -0.497 e. The van der Waals surface area contributed by atoms with Gasteiger partial charge in [0.2, 0.25) is 0 Å². The number of hydrogen-bond donors (Lipinski definition) is 0. The highest BCUT2D eigenvalue weighted by atomic mass is 35.5. The molecule has 5 nitrogen and oxygen atoms in total. The summed E-state index contributed by atoms with van der Waals surface area (Å²) in [6.45, 7) is 1.42. The maximum Gasteiger partial charge on any atom is 0.146 e. The van der Waals surface area contributed by atoms with Gasteiger partial charge >= 0.3 is 0 Å². The number of methoxy groups -OCH3 is 2. The van der Waals surface area contributed by atoms with Crippen LogP contribution in [0.1, 0.15) is 11.3 Å². The lowest BCUT2D eigenvalue weighted by Crippen LogP contribution is -2.36. The molecule has 0 saturated heterocycles. The molecular formula is C18H19ClFN3O2. The van der Waals surface area contributed by atoms with Crippen LogP contribution in [0, 0.1) is 5.82 Å². The van der Waals surface area contributed by atoms with Crippen LogP contribution in [0.2, 0.25) is 0 Å². The molecule has 0 unspecified atom stereocenters. The Kier molecular flexibility index (Phi) is 5.40. The monoisotopic (exact) mass is 363 g/mol. The zero-order valence-corrected chi connectivity index (χ0v) is 14.8. The highest BCUT2D eigenvalue weighted by Crippen LogP contribution is 2.30. The number of rotatable bonds is 6. The number of aromatic nitrogens is 1. The molecule has 0 atom stereocenters. The van der Waals surface area contributed by atoms with Gasteiger partial charge < -0.3 is 9.47 Å². The average molecular weight is 364 g/mol. The van der Waals surface area contributed by atoms with Crippen LogP contribution in [0.3, 0.4) is 0 Å². The van der Waals surface area contributed by atoms with Crippen molar-refractivity contribution in [3.8, 4) is 11.5 Å². The maximum absolute atomic E-state index is 13.9. The Morgan fingerprint density at radius 1 is 1.20 bits per heavy atom. The van der Waals surface area contributed by atoms with Gasteiger partial charge in [-0.25, -0.2) is 9.40 Å². The van der Waals surface area contributed by atoms with Gasteiger partial charge in [0.25, 0.3) is 0 Å². The summed E-state index contributed by atoms with van der Waals surface area (Å²) in [5.74, 6) is 1.10. The third-order valence-electron chi connectivity index (χ3n) is 4.04. The summed E-state index contributed by atoms with van der Waals surface area (Å²) in [4.78, 5) is 4.11. The van der Waals surface area contributed by atoms with E-state index in [1.807, 2.05) is 34.3 Å². The van der Waals surface area contributed by atoms with Crippen LogP contribution in [-0.4, -0.2) is 35.8 Å². The molecule has 1 aliphatic rings. The quantitative estimate of drug-likeness (QED) is 0.734. The molecular weight excluding hydrogens is 345 g/mol. The van der Waals surface area contributed by atoms with E-state index in [2.05, 4.69) is 4.98 Å². The summed E-state index contributed by atoms with van der Waals surface area (Å²) in [6, 6.07) is 8.61. The van der Waals surface area contributed by atoms with Gasteiger partial charge in [0, 0.05) is 24.4 Å². The highest BCUT2D eigenvalue weighted by molar-refractivity contribution is 6.29. The Hall–Kier alpha value is -2.31. The van der Waals surface area contributed by atoms with Gasteiger partial charge in [-0.1, -0.05) is 11.6 Å². The molecule has 2 aromatic rings. The zero-order chi connectivity index (χ0) is 17.8. The van der Waals surface area contributed by atoms with Crippen LogP contribution in [0.25, 0.3) is 0 Å². The predicted octanol–water partition coefficient (Wildman–Crippen LogP) is 3.55. The number of nitrogens with zero attached hydrogens (tertiary/aromatic N) is 3. The molecule has 25 heavy (non-hydrogen) atoms. The van der Waals surface area contributed by atoms with Crippen molar-refractivity contribution in [2.45, 2.75) is 13.1 Å². The Bertz CT molecular complexity index is 785. The third kappa shape index (κ3) is 3.86. The summed E-state index contributed by atoms with van der Waals surface area (Å²) < 4.78 is 24.6. The molecule has 0 bridgehead atoms. The molecule has 0 fully saturated rings. The summed E-state index contributed by atoms with van der Waals surface area (Å²) in [7, 11) is 3.22. The molecule has 0 spiro atoms. The first kappa shape index (κ1) is 17.5. The number of pyridine rings is 1. The van der Waals surface area contributed by atoms with E-state index in [0.717, 1.165) is 11.3 Å². The predicted molar refractivity (Wildman–Crippen MR) is 93.6 cm³/mol. The molecule has 1 aromatic heterocycles. The molecule has 0 amide bonds. The second kappa shape index (κ2) is 7.72. The minimum absolute atomic E-state index is 0.326. The standard InChI is InChI=1S/C18H19ClFN3O2/c1-24-14-6-5-13(17(10-14)25-2)11-23-18(19)7-9-22(23)12-16-15(20)4-3-8-21-16/h3-8,10H,9,11-12H2,1-2H3. The van der Waals surface area contributed by atoms with Gasteiger partial charge in [-0.3, -0.25) is 9.99 Å². The van der Waals surface area contributed by atoms with Gasteiger partial charge in [-0.2, -0.15) is 0 Å². The molecule has 3 rings (SSSR count). The van der Waals surface area contributed by atoms with Gasteiger partial charge in [-0.05, 0) is 30.3 Å². The Labute approximate surface area is 151 Å². The molecule has 0 N–H and O–H groups in total. The van der Waals surface area contributed by atoms with E-state index in [1.165, 1.54) is 6.07 Å². The van der Waals surface area contributed by atoms with Crippen LogP contribution in [-0.2, 0) is 13.1 Å². The van der Waals surface area contributed by atoms with E-state index in [0.29, 0.717) is 36.2 Å². The van der Waals surface area contributed by atoms with Crippen LogP contribution >= 0.6 is 11.6 Å². The summed E-state index contributed by atoms with van der Waals surface area (Å²) in [5, 5.41) is 4.42. The lowest BCUT2D eigenvalue weighted by Gasteiger charge is -2.31. The van der Waals surface area contributed by atoms with Crippen molar-refractivity contribution in [2.75, 3.05) is 20.8 Å². The second-order valence-electron chi connectivity index (χ2n) is 5.54. The first-order valence-corrected chi connectivity index (χ1v) is 8.18. The van der Waals surface area contributed by atoms with Crippen LogP contribution in [0.5, 0.6) is 11.5 Å². The fourth-order valence-corrected chi connectivity index (χ4v) is 2.93. The summed E-state index contributed by atoms with van der Waals surface area (Å²) in [5.41, 5.74) is 1.33. The van der Waals surface area contributed by atoms with Crippen LogP contribution in [0.4, 0.5) is 4.39 Å². The topological polar surface area (TPSA) is 37.8 Å². The average Bonchev–Trinajstić information content (AvgIpc) is 2.97. The van der Waals surface area contributed by atoms with E-state index in [9.17, 15) is 4.39 Å². The van der Waals surface area contributed by atoms with E-state index in [4.69, 9.17) is 21.1 Å². The van der Waals surface area contributed by atoms with Crippen molar-refractivity contribution in [3.05, 3.63) is 64.8 Å². The Morgan fingerprint density at radius 2 is 2.04 bits per heavy atom. The third-order valence-corrected chi connectivity index (χ3v) is 4.39. The van der Waals surface area contributed by atoms with Crippen LogP contribution < -0.4 is 9.47 Å². The maximum atomic E-state index is 13.9. The van der Waals surface area contributed by atoms with Crippen molar-refractivity contribution >= 4 is 11.6 Å². The van der Waals surface area contributed by atoms with Gasteiger partial charge in [0.05, 0.1) is 33.0 Å². The van der Waals surface area contributed by atoms with Crippen molar-refractivity contribution in [3.63, 3.8) is 0 Å². The zero-order valence-electron chi connectivity index (χ0n) is 14.1. The molecule has 2 heterocycles. The summed E-state index contributed by atoms with van der Waals surface area (Å²) >= 11 is 6.35. The van der Waals surface area contributed by atoms with Gasteiger partial charge in [0.15, 0.2) is 0 Å². The van der Waals surface area contributed by atoms with E-state index in [1.54, 1.807) is 26.5 Å². The normalized spacial score (nSPS) is 14.6. The molecule has 0 saturated carbocycles. The Morgan fingerprint density at radius 3 is 2.76 bits per heavy atom. The van der Waals surface area contributed by atoms with E-state index >= 15 is 0 Å². The number of benzene rings is 1. The minimum atomic E-state index is -0.326. The Balaban J connectivity index is 1.80. The smallest absolute Gasteiger partial charge is 0.146 e. The van der Waals surface area contributed by atoms with Crippen molar-refractivity contribution in [2.24, 2.45) is 0 Å². The number of ether oxygens (including phenoxy) is 2. The molecule has 7 heteroatoms. The molecule has 1 aromatic carbocycles. The van der Waals surface area contributed by atoms with Crippen LogP contribution in [0.15, 0.2) is 47.8 Å². The number of hydrazine groups is 1. The molecule has 0 radical (unpaired) electrons.